The van der Waals surface area contributed by atoms with Crippen molar-refractivity contribution in [2.45, 2.75) is 44.1 Å². The van der Waals surface area contributed by atoms with Gasteiger partial charge in [-0.2, -0.15) is 0 Å². The smallest absolute Gasteiger partial charge is 0.251 e. The second kappa shape index (κ2) is 6.32. The Morgan fingerprint density at radius 2 is 1.56 bits per heavy atom. The van der Waals surface area contributed by atoms with E-state index in [-0.39, 0.29) is 17.4 Å². The molecule has 2 N–H and O–H groups in total. The van der Waals surface area contributed by atoms with Crippen LogP contribution in [0, 0.1) is 17.8 Å². The molecular weight excluding hydrogens is 312 g/mol. The molecule has 0 heterocycles. The molecule has 0 spiro atoms. The van der Waals surface area contributed by atoms with Gasteiger partial charge in [0.1, 0.15) is 0 Å². The van der Waals surface area contributed by atoms with Gasteiger partial charge in [0.25, 0.3) is 5.91 Å². The van der Waals surface area contributed by atoms with Crippen LogP contribution in [0.1, 0.15) is 54.4 Å². The normalized spacial score (nSPS) is 32.8. The number of rotatable bonds is 4. The van der Waals surface area contributed by atoms with E-state index in [0.717, 1.165) is 23.3 Å². The molecule has 0 atom stereocenters. The van der Waals surface area contributed by atoms with Crippen molar-refractivity contribution in [1.82, 2.24) is 10.6 Å². The average Bonchev–Trinajstić information content (AvgIpc) is 2.58. The summed E-state index contributed by atoms with van der Waals surface area (Å²) in [6, 6.07) is 7.27. The summed E-state index contributed by atoms with van der Waals surface area (Å²) in [5, 5.41) is 5.95. The largest absolute Gasteiger partial charge is 0.355 e. The van der Waals surface area contributed by atoms with Crippen LogP contribution in [0.15, 0.2) is 30.3 Å². The number of benzene rings is 1. The van der Waals surface area contributed by atoms with E-state index in [0.29, 0.717) is 5.56 Å². The summed E-state index contributed by atoms with van der Waals surface area (Å²) >= 11 is 0. The first-order valence-electron chi connectivity index (χ1n) is 9.38. The third kappa shape index (κ3) is 3.35. The van der Waals surface area contributed by atoms with Gasteiger partial charge in [-0.25, -0.2) is 0 Å². The molecule has 0 saturated heterocycles. The highest BCUT2D eigenvalue weighted by Crippen LogP contribution is 2.55. The SMILES string of the molecule is CNC(=O)c1ccc(/C=C/C(=O)NC23CC4CC(CC(C4)C2)C3)cc1. The molecule has 5 rings (SSSR count). The van der Waals surface area contributed by atoms with Gasteiger partial charge in [0.05, 0.1) is 0 Å². The summed E-state index contributed by atoms with van der Waals surface area (Å²) in [5.74, 6) is 2.39. The van der Waals surface area contributed by atoms with E-state index in [1.54, 1.807) is 25.3 Å². The highest BCUT2D eigenvalue weighted by atomic mass is 16.2. The molecule has 1 aromatic carbocycles. The first-order chi connectivity index (χ1) is 12.0. The van der Waals surface area contributed by atoms with Crippen LogP contribution >= 0.6 is 0 Å². The Kier molecular flexibility index (Phi) is 4.14. The third-order valence-electron chi connectivity index (χ3n) is 6.25. The summed E-state index contributed by atoms with van der Waals surface area (Å²) < 4.78 is 0. The minimum Gasteiger partial charge on any atom is -0.355 e. The third-order valence-corrected chi connectivity index (χ3v) is 6.25. The van der Waals surface area contributed by atoms with Crippen LogP contribution in [0.25, 0.3) is 6.08 Å². The lowest BCUT2D eigenvalue weighted by atomic mass is 9.53. The molecule has 4 nitrogen and oxygen atoms in total. The van der Waals surface area contributed by atoms with Crippen molar-refractivity contribution < 1.29 is 9.59 Å². The maximum absolute atomic E-state index is 12.5. The summed E-state index contributed by atoms with van der Waals surface area (Å²) in [6.07, 6.45) is 11.1. The standard InChI is InChI=1S/C21H26N2O2/c1-22-20(25)18-5-2-14(3-6-18)4-7-19(24)23-21-11-15-8-16(12-21)10-17(9-15)13-21/h2-7,15-17H,8-13H2,1H3,(H,22,25)(H,23,24)/b7-4+. The fourth-order valence-corrected chi connectivity index (χ4v) is 5.63. The maximum Gasteiger partial charge on any atom is 0.251 e. The Morgan fingerprint density at radius 1 is 1.00 bits per heavy atom. The molecule has 4 saturated carbocycles. The van der Waals surface area contributed by atoms with E-state index >= 15 is 0 Å². The van der Waals surface area contributed by atoms with Crippen LogP contribution in [0.2, 0.25) is 0 Å². The fourth-order valence-electron chi connectivity index (χ4n) is 5.63. The van der Waals surface area contributed by atoms with E-state index in [1.807, 2.05) is 18.2 Å². The first kappa shape index (κ1) is 16.4. The van der Waals surface area contributed by atoms with Crippen molar-refractivity contribution in [3.05, 3.63) is 41.5 Å². The van der Waals surface area contributed by atoms with Crippen LogP contribution < -0.4 is 10.6 Å². The zero-order valence-corrected chi connectivity index (χ0v) is 14.8. The van der Waals surface area contributed by atoms with Crippen LogP contribution in [0.5, 0.6) is 0 Å². The molecule has 0 aromatic heterocycles. The molecule has 1 aromatic rings. The quantitative estimate of drug-likeness (QED) is 0.829. The van der Waals surface area contributed by atoms with Crippen LogP contribution in [-0.2, 0) is 4.79 Å². The topological polar surface area (TPSA) is 58.2 Å². The van der Waals surface area contributed by atoms with E-state index in [1.165, 1.54) is 38.5 Å². The highest BCUT2D eigenvalue weighted by Gasteiger charge is 2.51. The number of nitrogens with one attached hydrogen (secondary N) is 2. The lowest BCUT2D eigenvalue weighted by molar-refractivity contribution is -0.122. The highest BCUT2D eigenvalue weighted by molar-refractivity contribution is 5.95. The molecule has 4 heteroatoms. The fraction of sp³-hybridized carbons (Fsp3) is 0.524. The second-order valence-electron chi connectivity index (χ2n) is 8.22. The molecule has 25 heavy (non-hydrogen) atoms. The van der Waals surface area contributed by atoms with Gasteiger partial charge in [-0.05, 0) is 80.1 Å². The average molecular weight is 338 g/mol. The summed E-state index contributed by atoms with van der Waals surface area (Å²) in [4.78, 5) is 24.0. The lowest BCUT2D eigenvalue weighted by Crippen LogP contribution is -2.59. The number of hydrogen-bond donors (Lipinski definition) is 2. The van der Waals surface area contributed by atoms with Gasteiger partial charge in [0.2, 0.25) is 5.91 Å². The van der Waals surface area contributed by atoms with E-state index in [2.05, 4.69) is 10.6 Å². The van der Waals surface area contributed by atoms with E-state index < -0.39 is 0 Å². The minimum absolute atomic E-state index is 0.0114. The monoisotopic (exact) mass is 338 g/mol. The van der Waals surface area contributed by atoms with Crippen molar-refractivity contribution in [3.8, 4) is 0 Å². The van der Waals surface area contributed by atoms with Gasteiger partial charge in [-0.3, -0.25) is 9.59 Å². The van der Waals surface area contributed by atoms with Gasteiger partial charge in [-0.15, -0.1) is 0 Å². The maximum atomic E-state index is 12.5. The molecular formula is C21H26N2O2. The van der Waals surface area contributed by atoms with Crippen LogP contribution in [0.3, 0.4) is 0 Å². The van der Waals surface area contributed by atoms with E-state index in [4.69, 9.17) is 0 Å². The molecule has 0 aliphatic heterocycles. The Bertz CT molecular complexity index is 670. The molecule has 4 aliphatic carbocycles. The van der Waals surface area contributed by atoms with Crippen LogP contribution in [0.4, 0.5) is 0 Å². The van der Waals surface area contributed by atoms with Gasteiger partial charge in [-0.1, -0.05) is 12.1 Å². The zero-order chi connectivity index (χ0) is 17.4. The van der Waals surface area contributed by atoms with E-state index in [9.17, 15) is 9.59 Å². The van der Waals surface area contributed by atoms with Crippen molar-refractivity contribution in [2.75, 3.05) is 7.05 Å². The van der Waals surface area contributed by atoms with Gasteiger partial charge in [0.15, 0.2) is 0 Å². The number of carbonyl (C=O) groups is 2. The molecule has 0 radical (unpaired) electrons. The molecule has 0 unspecified atom stereocenters. The first-order valence-corrected chi connectivity index (χ1v) is 9.38. The molecule has 132 valence electrons. The van der Waals surface area contributed by atoms with Gasteiger partial charge < -0.3 is 10.6 Å². The number of amides is 2. The van der Waals surface area contributed by atoms with Gasteiger partial charge in [0, 0.05) is 24.2 Å². The molecule has 4 fully saturated rings. The number of carbonyl (C=O) groups excluding carboxylic acids is 2. The van der Waals surface area contributed by atoms with Crippen molar-refractivity contribution in [1.29, 1.82) is 0 Å². The summed E-state index contributed by atoms with van der Waals surface area (Å²) in [7, 11) is 1.62. The molecule has 4 bridgehead atoms. The van der Waals surface area contributed by atoms with Gasteiger partial charge >= 0.3 is 0 Å². The Balaban J connectivity index is 1.39. The Hall–Kier alpha value is -2.10. The second-order valence-corrected chi connectivity index (χ2v) is 8.22. The lowest BCUT2D eigenvalue weighted by Gasteiger charge is -2.56. The minimum atomic E-state index is -0.102. The van der Waals surface area contributed by atoms with Crippen molar-refractivity contribution in [3.63, 3.8) is 0 Å². The van der Waals surface area contributed by atoms with Crippen molar-refractivity contribution in [2.24, 2.45) is 17.8 Å². The zero-order valence-electron chi connectivity index (χ0n) is 14.8. The summed E-state index contributed by atoms with van der Waals surface area (Å²) in [5.41, 5.74) is 1.60. The predicted octanol–water partition coefficient (Wildman–Crippen LogP) is 3.14. The molecule has 4 aliphatic rings. The Labute approximate surface area is 149 Å². The Morgan fingerprint density at radius 3 is 2.08 bits per heavy atom. The van der Waals surface area contributed by atoms with Crippen LogP contribution in [-0.4, -0.2) is 24.4 Å². The molecule has 2 amide bonds. The summed E-state index contributed by atoms with van der Waals surface area (Å²) in [6.45, 7) is 0. The van der Waals surface area contributed by atoms with Crippen molar-refractivity contribution >= 4 is 17.9 Å². The number of hydrogen-bond acceptors (Lipinski definition) is 2. The predicted molar refractivity (Wildman–Crippen MR) is 97.9 cm³/mol.